The molecule has 0 amide bonds. The van der Waals surface area contributed by atoms with Gasteiger partial charge in [-0.15, -0.1) is 0 Å². The van der Waals surface area contributed by atoms with Crippen molar-refractivity contribution in [2.75, 3.05) is 13.2 Å². The van der Waals surface area contributed by atoms with Crippen molar-refractivity contribution >= 4 is 0 Å². The van der Waals surface area contributed by atoms with Crippen molar-refractivity contribution < 1.29 is 10.2 Å². The zero-order chi connectivity index (χ0) is 4.83. The molecule has 0 aromatic heterocycles. The molecule has 0 aliphatic carbocycles. The minimum absolute atomic E-state index is 0. The molecular weight excluding hydrogens is 94.0 g/mol. The molecule has 4 N–H and O–H groups in total. The lowest BCUT2D eigenvalue weighted by molar-refractivity contribution is 0.175. The van der Waals surface area contributed by atoms with E-state index in [1.54, 1.807) is 0 Å². The van der Waals surface area contributed by atoms with E-state index in [0.29, 0.717) is 12.8 Å². The first-order valence-electron chi connectivity index (χ1n) is 2.10. The number of aliphatic hydroxyl groups is 1. The van der Waals surface area contributed by atoms with Gasteiger partial charge in [0.1, 0.15) is 0 Å². The molecule has 0 aromatic carbocycles. The highest BCUT2D eigenvalue weighted by atomic mass is 16.3. The smallest absolute Gasteiger partial charge is 0.0823 e. The Kier molecular flexibility index (Phi) is 13.3. The van der Waals surface area contributed by atoms with Gasteiger partial charge >= 0.3 is 0 Å². The Balaban J connectivity index is 0. The molecule has 0 aliphatic heterocycles. The predicted octanol–water partition coefficient (Wildman–Crippen LogP) is 0.351. The maximum atomic E-state index is 9.58. The van der Waals surface area contributed by atoms with Gasteiger partial charge in [0.2, 0.25) is 0 Å². The molecule has 3 nitrogen and oxygen atoms in total. The Morgan fingerprint density at radius 2 is 1.86 bits per heavy atom. The van der Waals surface area contributed by atoms with Crippen LogP contribution in [0.3, 0.4) is 0 Å². The zero-order valence-electron chi connectivity index (χ0n) is 4.39. The molecule has 0 aliphatic rings. The second-order valence-electron chi connectivity index (χ2n) is 1.13. The molecule has 0 fully saturated rings. The molecule has 1 radical (unpaired) electrons. The highest BCUT2D eigenvalue weighted by molar-refractivity contribution is 4.30. The van der Waals surface area contributed by atoms with E-state index in [9.17, 15) is 5.11 Å². The van der Waals surface area contributed by atoms with Crippen molar-refractivity contribution in [3.05, 3.63) is 0 Å². The van der Waals surface area contributed by atoms with Gasteiger partial charge in [0.15, 0.2) is 0 Å². The topological polar surface area (TPSA) is 75.1 Å². The summed E-state index contributed by atoms with van der Waals surface area (Å²) in [5.74, 6) is 0. The summed E-state index contributed by atoms with van der Waals surface area (Å²) in [6, 6.07) is 0. The van der Waals surface area contributed by atoms with E-state index in [2.05, 4.69) is 0 Å². The molecule has 0 spiro atoms. The molecule has 0 aromatic rings. The Labute approximate surface area is 43.6 Å². The number of aliphatic hydroxyl groups excluding tert-OH is 1. The molecule has 45 valence electrons. The highest BCUT2D eigenvalue weighted by Gasteiger charge is 1.78. The SMILES string of the molecule is N.[O]CCCCO. The van der Waals surface area contributed by atoms with Crippen molar-refractivity contribution in [2.45, 2.75) is 12.8 Å². The lowest BCUT2D eigenvalue weighted by atomic mass is 10.3. The van der Waals surface area contributed by atoms with Gasteiger partial charge in [0.05, 0.1) is 6.61 Å². The number of rotatable bonds is 3. The molecule has 7 heavy (non-hydrogen) atoms. The second-order valence-corrected chi connectivity index (χ2v) is 1.13. The average Bonchev–Trinajstić information content (AvgIpc) is 1.61. The average molecular weight is 106 g/mol. The molecule has 0 atom stereocenters. The van der Waals surface area contributed by atoms with Crippen LogP contribution < -0.4 is 6.15 Å². The van der Waals surface area contributed by atoms with E-state index in [0.717, 1.165) is 0 Å². The van der Waals surface area contributed by atoms with Crippen molar-refractivity contribution in [1.29, 1.82) is 0 Å². The van der Waals surface area contributed by atoms with Crippen LogP contribution in [-0.2, 0) is 5.11 Å². The first kappa shape index (κ1) is 9.99. The fourth-order valence-electron chi connectivity index (χ4n) is 0.214. The molecule has 0 saturated heterocycles. The predicted molar refractivity (Wildman–Crippen MR) is 26.9 cm³/mol. The number of hydrogen-bond donors (Lipinski definition) is 2. The normalized spacial score (nSPS) is 7.71. The van der Waals surface area contributed by atoms with Crippen LogP contribution in [0.2, 0.25) is 0 Å². The molecule has 0 heterocycles. The fourth-order valence-corrected chi connectivity index (χ4v) is 0.214. The van der Waals surface area contributed by atoms with Gasteiger partial charge in [0, 0.05) is 6.61 Å². The quantitative estimate of drug-likeness (QED) is 0.509. The van der Waals surface area contributed by atoms with E-state index in [1.165, 1.54) is 0 Å². The zero-order valence-corrected chi connectivity index (χ0v) is 4.39. The molecule has 0 saturated carbocycles. The Morgan fingerprint density at radius 3 is 2.00 bits per heavy atom. The van der Waals surface area contributed by atoms with Crippen LogP contribution in [0.25, 0.3) is 0 Å². The van der Waals surface area contributed by atoms with Crippen molar-refractivity contribution in [3.8, 4) is 0 Å². The Morgan fingerprint density at radius 1 is 1.29 bits per heavy atom. The largest absolute Gasteiger partial charge is 0.396 e. The van der Waals surface area contributed by atoms with Crippen molar-refractivity contribution in [1.82, 2.24) is 6.15 Å². The maximum absolute atomic E-state index is 9.58. The third-order valence-electron chi connectivity index (χ3n) is 0.552. The minimum atomic E-state index is -0.0550. The third kappa shape index (κ3) is 10.7. The van der Waals surface area contributed by atoms with Crippen LogP contribution in [-0.4, -0.2) is 18.3 Å². The molecular formula is C4H12NO2. The van der Waals surface area contributed by atoms with Crippen LogP contribution >= 0.6 is 0 Å². The molecule has 3 heteroatoms. The van der Waals surface area contributed by atoms with Gasteiger partial charge in [0.25, 0.3) is 0 Å². The lowest BCUT2D eigenvalue weighted by Gasteiger charge is -1.83. The summed E-state index contributed by atoms with van der Waals surface area (Å²) in [6.07, 6.45) is 1.26. The monoisotopic (exact) mass is 106 g/mol. The maximum Gasteiger partial charge on any atom is 0.0823 e. The Hall–Kier alpha value is -0.120. The van der Waals surface area contributed by atoms with Gasteiger partial charge in [-0.3, -0.25) is 0 Å². The van der Waals surface area contributed by atoms with Crippen molar-refractivity contribution in [3.63, 3.8) is 0 Å². The summed E-state index contributed by atoms with van der Waals surface area (Å²) in [4.78, 5) is 0. The Bertz CT molecular complexity index is 21.7. The van der Waals surface area contributed by atoms with Crippen LogP contribution in [0.5, 0.6) is 0 Å². The summed E-state index contributed by atoms with van der Waals surface area (Å²) in [7, 11) is 0. The van der Waals surface area contributed by atoms with Gasteiger partial charge in [-0.05, 0) is 12.8 Å². The van der Waals surface area contributed by atoms with E-state index in [1.807, 2.05) is 0 Å². The fraction of sp³-hybridized carbons (Fsp3) is 1.00. The third-order valence-corrected chi connectivity index (χ3v) is 0.552. The molecule has 0 bridgehead atoms. The van der Waals surface area contributed by atoms with Gasteiger partial charge < -0.3 is 11.3 Å². The summed E-state index contributed by atoms with van der Waals surface area (Å²) in [5, 5.41) is 17.6. The highest BCUT2D eigenvalue weighted by Crippen LogP contribution is 1.81. The summed E-state index contributed by atoms with van der Waals surface area (Å²) < 4.78 is 0. The summed E-state index contributed by atoms with van der Waals surface area (Å²) in [5.41, 5.74) is 0. The lowest BCUT2D eigenvalue weighted by Crippen LogP contribution is -1.84. The minimum Gasteiger partial charge on any atom is -0.396 e. The van der Waals surface area contributed by atoms with E-state index >= 15 is 0 Å². The first-order chi connectivity index (χ1) is 2.91. The van der Waals surface area contributed by atoms with Crippen LogP contribution in [0.15, 0.2) is 0 Å². The van der Waals surface area contributed by atoms with Crippen LogP contribution in [0.4, 0.5) is 0 Å². The van der Waals surface area contributed by atoms with E-state index in [-0.39, 0.29) is 19.4 Å². The number of hydrogen-bond acceptors (Lipinski definition) is 2. The van der Waals surface area contributed by atoms with Crippen LogP contribution in [0, 0.1) is 0 Å². The van der Waals surface area contributed by atoms with Crippen LogP contribution in [0.1, 0.15) is 12.8 Å². The van der Waals surface area contributed by atoms with E-state index < -0.39 is 0 Å². The van der Waals surface area contributed by atoms with E-state index in [4.69, 9.17) is 5.11 Å². The van der Waals surface area contributed by atoms with Crippen molar-refractivity contribution in [2.24, 2.45) is 0 Å². The van der Waals surface area contributed by atoms with Gasteiger partial charge in [-0.2, -0.15) is 0 Å². The second kappa shape index (κ2) is 9.30. The number of unbranched alkanes of at least 4 members (excludes halogenated alkanes) is 1. The molecule has 0 rings (SSSR count). The standard InChI is InChI=1S/C4H9O2.H3N/c5-3-1-2-4-6;/h5H,1-4H2;1H3. The summed E-state index contributed by atoms with van der Waals surface area (Å²) >= 11 is 0. The first-order valence-corrected chi connectivity index (χ1v) is 2.10. The van der Waals surface area contributed by atoms with Gasteiger partial charge in [-0.25, -0.2) is 5.11 Å². The van der Waals surface area contributed by atoms with Gasteiger partial charge in [-0.1, -0.05) is 0 Å². The summed E-state index contributed by atoms with van der Waals surface area (Å²) in [6.45, 7) is 0.100. The molecule has 0 unspecified atom stereocenters.